The Balaban J connectivity index is 0.000000410. The van der Waals surface area contributed by atoms with Gasteiger partial charge in [0.15, 0.2) is 0 Å². The number of hydrazine groups is 2. The molecule has 1 aliphatic heterocycles. The van der Waals surface area contributed by atoms with Gasteiger partial charge in [0, 0.05) is 91.6 Å². The van der Waals surface area contributed by atoms with Gasteiger partial charge in [0.05, 0.1) is 28.7 Å². The maximum atomic E-state index is 13.7. The largest absolute Gasteiger partial charge is 0.379 e. The topological polar surface area (TPSA) is 137 Å². The van der Waals surface area contributed by atoms with E-state index < -0.39 is 16.2 Å². The first kappa shape index (κ1) is 117. The van der Waals surface area contributed by atoms with Crippen LogP contribution >= 0.6 is 0 Å². The highest BCUT2D eigenvalue weighted by molar-refractivity contribution is 5.93. The van der Waals surface area contributed by atoms with E-state index in [1.807, 2.05) is 80.8 Å². The summed E-state index contributed by atoms with van der Waals surface area (Å²) in [6.07, 6.45) is 15.4. The second-order valence-electron chi connectivity index (χ2n) is 54.4. The molecule has 128 heavy (non-hydrogen) atoms. The molecule has 8 rings (SSSR count). The van der Waals surface area contributed by atoms with Crippen LogP contribution in [-0.4, -0.2) is 81.0 Å². The maximum Gasteiger partial charge on any atom is 0.138 e. The van der Waals surface area contributed by atoms with Crippen LogP contribution in [0.1, 0.15) is 460 Å². The molecule has 5 aromatic rings. The quantitative estimate of drug-likeness (QED) is 0.0680. The Kier molecular flexibility index (Phi) is 41.2. The van der Waals surface area contributed by atoms with Gasteiger partial charge in [0.2, 0.25) is 0 Å². The highest BCUT2D eigenvalue weighted by Gasteiger charge is 2.56. The van der Waals surface area contributed by atoms with Gasteiger partial charge in [-0.1, -0.05) is 354 Å². The lowest BCUT2D eigenvalue weighted by Crippen LogP contribution is -2.52. The van der Waals surface area contributed by atoms with Gasteiger partial charge in [-0.15, -0.1) is 10.6 Å². The van der Waals surface area contributed by atoms with Crippen molar-refractivity contribution in [3.63, 3.8) is 0 Å². The molecule has 2 heterocycles. The zero-order valence-electron chi connectivity index (χ0n) is 92.1. The number of hydrogen-bond acceptors (Lipinski definition) is 11. The fraction of sp³-hybridized carbons (Fsp3) is 0.750. The fourth-order valence-electron chi connectivity index (χ4n) is 17.6. The average Bonchev–Trinajstić information content (AvgIpc) is 0.773. The molecule has 0 amide bonds. The molecule has 2 N–H and O–H groups in total. The third kappa shape index (κ3) is 39.6. The minimum atomic E-state index is -0.731. The van der Waals surface area contributed by atoms with Crippen LogP contribution in [0.25, 0.3) is 10.8 Å². The summed E-state index contributed by atoms with van der Waals surface area (Å²) in [5, 5.41) is 13.4. The van der Waals surface area contributed by atoms with Gasteiger partial charge in [0.25, 0.3) is 0 Å². The number of hydrogen-bond donors (Lipinski definition) is 2. The number of rotatable bonds is 21. The number of carbonyl (C=O) groups is 3. The number of Topliss-reactive ketones (excluding diaryl/α,β-unsaturated/α-hetero) is 3. The van der Waals surface area contributed by atoms with Gasteiger partial charge in [-0.3, -0.25) is 24.1 Å². The molecule has 0 saturated heterocycles. The molecule has 0 bridgehead atoms. The first-order chi connectivity index (χ1) is 57.4. The van der Waals surface area contributed by atoms with Crippen LogP contribution in [0.15, 0.2) is 97.0 Å². The molecule has 12 heteroatoms. The van der Waals surface area contributed by atoms with Crippen LogP contribution in [0.4, 0.5) is 0 Å². The van der Waals surface area contributed by atoms with Crippen molar-refractivity contribution in [1.29, 1.82) is 0 Å². The second-order valence-corrected chi connectivity index (χ2v) is 54.4. The molecule has 0 spiro atoms. The van der Waals surface area contributed by atoms with Crippen LogP contribution in [0, 0.1) is 55.7 Å². The molecule has 2 atom stereocenters. The Morgan fingerprint density at radius 3 is 0.961 bits per heavy atom. The molecule has 2 aliphatic carbocycles. The van der Waals surface area contributed by atoms with Crippen LogP contribution < -0.4 is 11.0 Å². The number of ketones is 3. The number of carbonyl (C=O) groups excluding carboxylic acids is 3. The van der Waals surface area contributed by atoms with E-state index in [4.69, 9.17) is 14.2 Å². The molecule has 2 unspecified atom stereocenters. The van der Waals surface area contributed by atoms with Gasteiger partial charge in [0.1, 0.15) is 17.3 Å². The zero-order valence-corrected chi connectivity index (χ0v) is 92.1. The maximum absolute atomic E-state index is 13.7. The van der Waals surface area contributed by atoms with E-state index in [9.17, 15) is 14.4 Å². The summed E-state index contributed by atoms with van der Waals surface area (Å²) in [4.78, 5) is 40.9. The lowest BCUT2D eigenvalue weighted by Gasteiger charge is -2.51. The summed E-state index contributed by atoms with van der Waals surface area (Å²) < 4.78 is 19.2. The van der Waals surface area contributed by atoms with E-state index in [1.54, 1.807) is 0 Å². The monoisotopic (exact) mass is 1770 g/mol. The summed E-state index contributed by atoms with van der Waals surface area (Å²) in [6, 6.07) is 29.6. The van der Waals surface area contributed by atoms with Crippen LogP contribution in [-0.2, 0) is 78.5 Å². The van der Waals surface area contributed by atoms with Gasteiger partial charge >= 0.3 is 0 Å². The predicted molar refractivity (Wildman–Crippen MR) is 552 cm³/mol. The van der Waals surface area contributed by atoms with Crippen molar-refractivity contribution in [2.75, 3.05) is 26.4 Å². The summed E-state index contributed by atoms with van der Waals surface area (Å²) in [7, 11) is 0. The Morgan fingerprint density at radius 2 is 0.703 bits per heavy atom. The van der Waals surface area contributed by atoms with Crippen LogP contribution in [0.2, 0.25) is 0 Å². The van der Waals surface area contributed by atoms with E-state index in [2.05, 4.69) is 367 Å². The summed E-state index contributed by atoms with van der Waals surface area (Å²) >= 11 is 0. The Bertz CT molecular complexity index is 3990. The Hall–Kier alpha value is -5.53. The first-order valence-electron chi connectivity index (χ1n) is 49.6. The fourth-order valence-corrected chi connectivity index (χ4v) is 17.6. The number of nitrogens with one attached hydrogen (secondary N) is 2. The predicted octanol–water partition coefficient (Wildman–Crippen LogP) is 31.3. The van der Waals surface area contributed by atoms with Gasteiger partial charge < -0.3 is 19.6 Å². The van der Waals surface area contributed by atoms with E-state index >= 15 is 0 Å². The number of nitrogens with zero attached hydrogens (tertiary/aromatic N) is 4. The van der Waals surface area contributed by atoms with Crippen molar-refractivity contribution in [1.82, 2.24) is 31.0 Å². The minimum absolute atomic E-state index is 0.0670. The van der Waals surface area contributed by atoms with Crippen LogP contribution in [0.3, 0.4) is 0 Å². The molecule has 12 nitrogen and oxygen atoms in total. The van der Waals surface area contributed by atoms with Crippen molar-refractivity contribution < 1.29 is 28.6 Å². The smallest absolute Gasteiger partial charge is 0.138 e. The van der Waals surface area contributed by atoms with Crippen molar-refractivity contribution in [3.8, 4) is 0 Å². The number of fused-ring (bicyclic) bond motifs is 1. The molecule has 3 aliphatic rings. The lowest BCUT2D eigenvalue weighted by molar-refractivity contribution is -0.152. The van der Waals surface area contributed by atoms with Crippen molar-refractivity contribution in [3.05, 3.63) is 142 Å². The number of benzene rings is 4. The Labute approximate surface area is 789 Å². The lowest BCUT2D eigenvalue weighted by atomic mass is 9.50. The van der Waals surface area contributed by atoms with Crippen molar-refractivity contribution in [2.24, 2.45) is 55.7 Å². The highest BCUT2D eigenvalue weighted by Crippen LogP contribution is 2.58. The minimum Gasteiger partial charge on any atom is -0.379 e. The summed E-state index contributed by atoms with van der Waals surface area (Å²) in [5.41, 5.74) is 19.2. The van der Waals surface area contributed by atoms with Crippen molar-refractivity contribution in [2.45, 2.75) is 482 Å². The molecule has 2 fully saturated rings. The summed E-state index contributed by atoms with van der Waals surface area (Å²) in [6.45, 7) is 108. The van der Waals surface area contributed by atoms with E-state index in [0.717, 1.165) is 49.4 Å². The number of aromatic nitrogens is 3. The molecular formula is C116H200N6O6. The number of ether oxygens (including phenoxy) is 3. The van der Waals surface area contributed by atoms with Gasteiger partial charge in [-0.2, -0.15) is 0 Å². The van der Waals surface area contributed by atoms with Crippen molar-refractivity contribution >= 4 is 28.1 Å². The number of aryl methyl sites for hydroxylation is 1. The van der Waals surface area contributed by atoms with Gasteiger partial charge in [-0.25, -0.2) is 0 Å². The highest BCUT2D eigenvalue weighted by atomic mass is 16.5. The van der Waals surface area contributed by atoms with E-state index in [-0.39, 0.29) is 83.4 Å². The van der Waals surface area contributed by atoms with E-state index in [0.29, 0.717) is 93.9 Å². The zero-order chi connectivity index (χ0) is 99.0. The number of unbranched alkanes of at least 4 members (excludes halogenated alkanes) is 1. The number of allylic oxidation sites excluding steroid dienone is 1. The molecule has 1 aromatic heterocycles. The standard InChI is InChI=1S/C32H58O6.C18H24.C18H36.C18H30.C16H30N6.C14H22/c1-24(2)36-18-12-15-25(33)30(9)21-31(10,26(34)16-13-19-37-28(3,4)5)23-32(11,22-30)27(35)17-14-20-38-29(6,7)8;1-17(2,3)15-11-12-16(18(4,5)6)14-10-8-7-9-13(14)15;2*1-16(2,3)13-10-14(17(4,5)6)12-15(11-13)18(7,8)9;1-15(2,3)13-11-21(19-17-13)9-7-8-10-22-12-14(18-20-22)16(4,5)6;1-13(2,3)11-7-9-12(10-8-11)14(4,5)6/h24H,12-23H2,1-11H3;7-12H,1-6H3;13-15H,10-12H2,1-9H3;10-12H,1-9H3;11-12,17,19H,7-10H2,1-6H3;7-10H,1-6H3. The normalized spacial score (nSPS) is 20.2. The third-order valence-corrected chi connectivity index (χ3v) is 26.4. The molecule has 4 aromatic carbocycles. The Morgan fingerprint density at radius 1 is 0.391 bits per heavy atom. The van der Waals surface area contributed by atoms with Gasteiger partial charge in [-0.05, 0) is 248 Å². The second kappa shape index (κ2) is 45.2. The molecule has 0 radical (unpaired) electrons. The van der Waals surface area contributed by atoms with Crippen LogP contribution in [0.5, 0.6) is 0 Å². The average molecular weight is 1770 g/mol. The third-order valence-electron chi connectivity index (χ3n) is 26.4. The molecule has 730 valence electrons. The molecular weight excluding hydrogens is 1570 g/mol. The van der Waals surface area contributed by atoms with E-state index in [1.165, 1.54) is 74.7 Å². The first-order valence-corrected chi connectivity index (χ1v) is 49.6. The summed E-state index contributed by atoms with van der Waals surface area (Å²) in [5.74, 6) is 3.06. The SMILES string of the molecule is CC(C)(C)C1=CN(CCCCn2cc(C(C)(C)C)nn2)NN1.CC(C)(C)C1CC(C(C)(C)C)CC(C(C)(C)C)C1.CC(C)(C)c1cc(C(C)(C)C)cc(C(C)(C)C)c1.CC(C)(C)c1ccc(C(C)(C)C)c2ccccc12.CC(C)(C)c1ccc(C(C)(C)C)cc1.CC(C)OCCCC(=O)C1(C)CC(C)(C(=O)CCCOC(C)(C)C)CC(C)(C(=O)CCCOC(C)(C)C)C1. The molecule has 2 saturated carbocycles.